The molecule has 10 heteroatoms. The van der Waals surface area contributed by atoms with Crippen LogP contribution in [0.4, 0.5) is 15.6 Å². The number of thiazole rings is 1. The van der Waals surface area contributed by atoms with Crippen molar-refractivity contribution in [2.24, 2.45) is 0 Å². The van der Waals surface area contributed by atoms with Crippen molar-refractivity contribution in [3.63, 3.8) is 0 Å². The maximum Gasteiger partial charge on any atom is 0.416 e. The lowest BCUT2D eigenvalue weighted by atomic mass is 10.2. The molecular weight excluding hydrogens is 481 g/mol. The van der Waals surface area contributed by atoms with Gasteiger partial charge in [0.25, 0.3) is 5.91 Å². The monoisotopic (exact) mass is 497 g/mol. The maximum atomic E-state index is 13.4. The van der Waals surface area contributed by atoms with Gasteiger partial charge in [0.15, 0.2) is 0 Å². The summed E-state index contributed by atoms with van der Waals surface area (Å²) in [7, 11) is 1.64. The first kappa shape index (κ1) is 23.3. The van der Waals surface area contributed by atoms with E-state index in [1.54, 1.807) is 48.8 Å². The molecule has 2 aromatic carbocycles. The predicted octanol–water partition coefficient (Wildman–Crippen LogP) is 6.92. The van der Waals surface area contributed by atoms with E-state index in [0.29, 0.717) is 27.4 Å². The highest BCUT2D eigenvalue weighted by Crippen LogP contribution is 2.35. The van der Waals surface area contributed by atoms with E-state index < -0.39 is 12.0 Å². The molecule has 0 aliphatic carbocycles. The highest BCUT2D eigenvalue weighted by Gasteiger charge is 2.25. The Balaban J connectivity index is 1.96. The first-order chi connectivity index (χ1) is 14.8. The molecule has 6 nitrogen and oxygen atoms in total. The third kappa shape index (κ3) is 5.68. The molecule has 2 amide bonds. The number of rotatable bonds is 6. The van der Waals surface area contributed by atoms with Crippen LogP contribution in [-0.4, -0.2) is 35.5 Å². The van der Waals surface area contributed by atoms with Crippen LogP contribution < -0.4 is 9.64 Å². The van der Waals surface area contributed by atoms with Crippen molar-refractivity contribution in [2.45, 2.75) is 13.3 Å². The Morgan fingerprint density at radius 2 is 1.74 bits per heavy atom. The SMILES string of the molecule is CCCN(C)C(=O)Oc1csc(N(C(=O)c2ccc(Cl)cc2Cl)c2ccc(Cl)cc2)n1. The Bertz CT molecular complexity index is 1090. The lowest BCUT2D eigenvalue weighted by Gasteiger charge is -2.21. The summed E-state index contributed by atoms with van der Waals surface area (Å²) >= 11 is 19.4. The van der Waals surface area contributed by atoms with Crippen LogP contribution in [-0.2, 0) is 0 Å². The van der Waals surface area contributed by atoms with Gasteiger partial charge in [-0.1, -0.05) is 41.7 Å². The van der Waals surface area contributed by atoms with Crippen molar-refractivity contribution in [1.29, 1.82) is 0 Å². The minimum Gasteiger partial charge on any atom is -0.390 e. The van der Waals surface area contributed by atoms with E-state index in [1.165, 1.54) is 15.9 Å². The topological polar surface area (TPSA) is 62.7 Å². The van der Waals surface area contributed by atoms with E-state index in [1.807, 2.05) is 6.92 Å². The van der Waals surface area contributed by atoms with Crippen LogP contribution in [0.15, 0.2) is 47.8 Å². The summed E-state index contributed by atoms with van der Waals surface area (Å²) in [6, 6.07) is 11.3. The molecule has 0 unspecified atom stereocenters. The van der Waals surface area contributed by atoms with Gasteiger partial charge in [-0.3, -0.25) is 9.69 Å². The second-order valence-corrected chi connectivity index (χ2v) is 8.62. The quantitative estimate of drug-likeness (QED) is 0.370. The number of carbonyl (C=O) groups is 2. The van der Waals surface area contributed by atoms with E-state index in [-0.39, 0.29) is 16.5 Å². The zero-order chi connectivity index (χ0) is 22.5. The molecule has 3 aromatic rings. The van der Waals surface area contributed by atoms with Gasteiger partial charge in [0.2, 0.25) is 11.0 Å². The van der Waals surface area contributed by atoms with E-state index in [4.69, 9.17) is 39.5 Å². The van der Waals surface area contributed by atoms with Crippen LogP contribution in [0.2, 0.25) is 15.1 Å². The second kappa shape index (κ2) is 10.3. The lowest BCUT2D eigenvalue weighted by molar-refractivity contribution is 0.0999. The van der Waals surface area contributed by atoms with Gasteiger partial charge in [0.05, 0.1) is 21.7 Å². The molecule has 3 rings (SSSR count). The first-order valence-corrected chi connectivity index (χ1v) is 11.2. The number of hydrogen-bond donors (Lipinski definition) is 0. The molecule has 1 heterocycles. The summed E-state index contributed by atoms with van der Waals surface area (Å²) in [5.41, 5.74) is 0.771. The Hall–Kier alpha value is -2.32. The van der Waals surface area contributed by atoms with E-state index in [0.717, 1.165) is 17.8 Å². The highest BCUT2D eigenvalue weighted by molar-refractivity contribution is 7.14. The zero-order valence-corrected chi connectivity index (χ0v) is 19.7. The molecule has 162 valence electrons. The van der Waals surface area contributed by atoms with Gasteiger partial charge in [-0.15, -0.1) is 11.3 Å². The summed E-state index contributed by atoms with van der Waals surface area (Å²) in [5, 5.41) is 3.01. The Morgan fingerprint density at radius 1 is 1.06 bits per heavy atom. The van der Waals surface area contributed by atoms with Crippen LogP contribution in [0.3, 0.4) is 0 Å². The summed E-state index contributed by atoms with van der Waals surface area (Å²) < 4.78 is 5.32. The fraction of sp³-hybridized carbons (Fsp3) is 0.190. The maximum absolute atomic E-state index is 13.4. The van der Waals surface area contributed by atoms with Crippen molar-refractivity contribution in [1.82, 2.24) is 9.88 Å². The number of anilines is 2. The molecule has 0 saturated carbocycles. The van der Waals surface area contributed by atoms with Gasteiger partial charge in [0.1, 0.15) is 0 Å². The third-order valence-electron chi connectivity index (χ3n) is 4.17. The second-order valence-electron chi connectivity index (χ2n) is 6.50. The molecule has 0 aliphatic rings. The summed E-state index contributed by atoms with van der Waals surface area (Å²) in [6.07, 6.45) is 0.276. The van der Waals surface area contributed by atoms with Gasteiger partial charge in [-0.2, -0.15) is 4.98 Å². The number of hydrogen-bond acceptors (Lipinski definition) is 5. The Morgan fingerprint density at radius 3 is 2.39 bits per heavy atom. The number of halogens is 3. The van der Waals surface area contributed by atoms with Gasteiger partial charge >= 0.3 is 6.09 Å². The number of carbonyl (C=O) groups excluding carboxylic acids is 2. The smallest absolute Gasteiger partial charge is 0.390 e. The molecular formula is C21H18Cl3N3O3S. The molecule has 0 bridgehead atoms. The van der Waals surface area contributed by atoms with Crippen molar-refractivity contribution < 1.29 is 14.3 Å². The third-order valence-corrected chi connectivity index (χ3v) is 5.78. The average Bonchev–Trinajstić information content (AvgIpc) is 3.17. The van der Waals surface area contributed by atoms with Crippen LogP contribution in [0.1, 0.15) is 23.7 Å². The molecule has 0 radical (unpaired) electrons. The normalized spacial score (nSPS) is 10.6. The van der Waals surface area contributed by atoms with E-state index >= 15 is 0 Å². The van der Waals surface area contributed by atoms with Gasteiger partial charge in [-0.25, -0.2) is 4.79 Å². The fourth-order valence-corrected chi connectivity index (χ4v) is 4.04. The van der Waals surface area contributed by atoms with E-state index in [9.17, 15) is 9.59 Å². The average molecular weight is 499 g/mol. The molecule has 0 spiro atoms. The standard InChI is InChI=1S/C21H18Cl3N3O3S/c1-3-10-26(2)21(29)30-18-12-31-20(25-18)27(15-7-4-13(22)5-8-15)19(28)16-9-6-14(23)11-17(16)24/h4-9,11-12H,3,10H2,1-2H3. The molecule has 31 heavy (non-hydrogen) atoms. The van der Waals surface area contributed by atoms with Crippen molar-refractivity contribution in [2.75, 3.05) is 18.5 Å². The predicted molar refractivity (Wildman–Crippen MR) is 125 cm³/mol. The van der Waals surface area contributed by atoms with Gasteiger partial charge in [0, 0.05) is 23.6 Å². The molecule has 0 N–H and O–H groups in total. The highest BCUT2D eigenvalue weighted by atomic mass is 35.5. The largest absolute Gasteiger partial charge is 0.416 e. The number of benzene rings is 2. The Kier molecular flexibility index (Phi) is 7.78. The molecule has 0 atom stereocenters. The lowest BCUT2D eigenvalue weighted by Crippen LogP contribution is -2.30. The number of aromatic nitrogens is 1. The van der Waals surface area contributed by atoms with Crippen LogP contribution in [0.25, 0.3) is 0 Å². The molecule has 0 fully saturated rings. The van der Waals surface area contributed by atoms with Crippen molar-refractivity contribution >= 4 is 69.0 Å². The van der Waals surface area contributed by atoms with Crippen LogP contribution in [0, 0.1) is 0 Å². The van der Waals surface area contributed by atoms with E-state index in [2.05, 4.69) is 4.98 Å². The molecule has 1 aromatic heterocycles. The summed E-state index contributed by atoms with van der Waals surface area (Å²) in [5.74, 6) is -0.318. The summed E-state index contributed by atoms with van der Waals surface area (Å²) in [6.45, 7) is 2.52. The fourth-order valence-electron chi connectivity index (χ4n) is 2.68. The zero-order valence-electron chi connectivity index (χ0n) is 16.6. The number of nitrogens with zero attached hydrogens (tertiary/aromatic N) is 3. The number of ether oxygens (including phenoxy) is 1. The minimum atomic E-state index is -0.524. The van der Waals surface area contributed by atoms with Crippen LogP contribution in [0.5, 0.6) is 5.88 Å². The minimum absolute atomic E-state index is 0.0990. The van der Waals surface area contributed by atoms with Crippen LogP contribution >= 0.6 is 46.1 Å². The van der Waals surface area contributed by atoms with Crippen molar-refractivity contribution in [3.05, 3.63) is 68.5 Å². The van der Waals surface area contributed by atoms with Gasteiger partial charge < -0.3 is 9.64 Å². The van der Waals surface area contributed by atoms with Gasteiger partial charge in [-0.05, 0) is 48.9 Å². The number of amides is 2. The first-order valence-electron chi connectivity index (χ1n) is 9.23. The molecule has 0 saturated heterocycles. The summed E-state index contributed by atoms with van der Waals surface area (Å²) in [4.78, 5) is 32.7. The molecule has 0 aliphatic heterocycles. The van der Waals surface area contributed by atoms with Crippen molar-refractivity contribution in [3.8, 4) is 5.88 Å². The Labute approximate surface area is 198 Å².